The van der Waals surface area contributed by atoms with E-state index in [2.05, 4.69) is 188 Å². The van der Waals surface area contributed by atoms with Gasteiger partial charge in [0.2, 0.25) is 0 Å². The molecule has 1 spiro atoms. The molecule has 13 rings (SSSR count). The third kappa shape index (κ3) is 5.52. The maximum atomic E-state index is 6.94. The summed E-state index contributed by atoms with van der Waals surface area (Å²) in [7, 11) is 0. The van der Waals surface area contributed by atoms with Crippen LogP contribution < -0.4 is 4.74 Å². The van der Waals surface area contributed by atoms with Gasteiger partial charge in [-0.1, -0.05) is 188 Å². The number of aromatic nitrogens is 3. The van der Waals surface area contributed by atoms with E-state index in [-0.39, 0.29) is 0 Å². The number of nitrogens with zero attached hydrogens (tertiary/aromatic N) is 3. The Bertz CT molecular complexity index is 3530. The average molecular weight is 816 g/mol. The molecule has 4 nitrogen and oxygen atoms in total. The highest BCUT2D eigenvalue weighted by Crippen LogP contribution is 2.62. The second-order valence-corrected chi connectivity index (χ2v) is 16.7. The molecule has 0 atom stereocenters. The molecule has 1 aliphatic heterocycles. The van der Waals surface area contributed by atoms with Crippen LogP contribution in [0.3, 0.4) is 0 Å². The number of pyridine rings is 1. The second kappa shape index (κ2) is 14.3. The van der Waals surface area contributed by atoms with Gasteiger partial charge in [0.25, 0.3) is 0 Å². The van der Waals surface area contributed by atoms with E-state index in [1.165, 1.54) is 22.3 Å². The Morgan fingerprint density at radius 1 is 0.312 bits per heavy atom. The third-order valence-corrected chi connectivity index (χ3v) is 13.1. The first kappa shape index (κ1) is 36.2. The van der Waals surface area contributed by atoms with Gasteiger partial charge < -0.3 is 4.74 Å². The minimum absolute atomic E-state index is 0.578. The molecule has 11 aromatic rings. The lowest BCUT2D eigenvalue weighted by Gasteiger charge is -2.39. The van der Waals surface area contributed by atoms with E-state index in [9.17, 15) is 0 Å². The molecular formula is C60H37N3O. The van der Waals surface area contributed by atoms with Crippen molar-refractivity contribution in [3.63, 3.8) is 0 Å². The molecule has 4 heteroatoms. The van der Waals surface area contributed by atoms with Crippen LogP contribution in [0, 0.1) is 0 Å². The molecule has 0 amide bonds. The topological polar surface area (TPSA) is 47.9 Å². The van der Waals surface area contributed by atoms with E-state index < -0.39 is 5.41 Å². The molecule has 64 heavy (non-hydrogen) atoms. The van der Waals surface area contributed by atoms with Crippen LogP contribution in [0.5, 0.6) is 11.5 Å². The molecule has 1 aliphatic carbocycles. The van der Waals surface area contributed by atoms with Gasteiger partial charge in [0, 0.05) is 44.2 Å². The summed E-state index contributed by atoms with van der Waals surface area (Å²) in [6.07, 6.45) is 0. The highest BCUT2D eigenvalue weighted by Gasteiger charge is 2.51. The van der Waals surface area contributed by atoms with Gasteiger partial charge in [-0.15, -0.1) is 0 Å². The Labute approximate surface area is 370 Å². The number of fused-ring (bicyclic) bond motifs is 12. The molecule has 3 heterocycles. The predicted molar refractivity (Wildman–Crippen MR) is 259 cm³/mol. The zero-order valence-corrected chi connectivity index (χ0v) is 34.6. The summed E-state index contributed by atoms with van der Waals surface area (Å²) in [5.74, 6) is 2.45. The Morgan fingerprint density at radius 3 is 1.61 bits per heavy atom. The Kier molecular flexibility index (Phi) is 8.09. The number of hydrogen-bond donors (Lipinski definition) is 0. The van der Waals surface area contributed by atoms with Gasteiger partial charge in [-0.2, -0.15) is 0 Å². The van der Waals surface area contributed by atoms with Crippen molar-refractivity contribution in [1.29, 1.82) is 0 Å². The van der Waals surface area contributed by atoms with E-state index in [0.29, 0.717) is 5.82 Å². The Balaban J connectivity index is 0.964. The smallest absolute Gasteiger partial charge is 0.160 e. The van der Waals surface area contributed by atoms with Gasteiger partial charge in [-0.05, 0) is 75.2 Å². The van der Waals surface area contributed by atoms with Gasteiger partial charge >= 0.3 is 0 Å². The summed E-state index contributed by atoms with van der Waals surface area (Å²) >= 11 is 0. The molecule has 0 N–H and O–H groups in total. The SMILES string of the molecule is c1ccc(-c2cc(-c3ccc(-c4cccc(-c5nc6ccccc6c6cc7c(cc56)C5(c6ccccc6O7)c6ccccc6-c6ccccc65)c4)cc3)nc(-c3ccccc3)n2)cc1. The fourth-order valence-corrected chi connectivity index (χ4v) is 10.3. The zero-order chi connectivity index (χ0) is 42.2. The van der Waals surface area contributed by atoms with Crippen molar-refractivity contribution < 1.29 is 4.74 Å². The number of hydrogen-bond acceptors (Lipinski definition) is 4. The van der Waals surface area contributed by atoms with E-state index in [4.69, 9.17) is 19.7 Å². The molecule has 2 aromatic heterocycles. The Morgan fingerprint density at radius 2 is 0.875 bits per heavy atom. The molecule has 2 aliphatic rings. The standard InChI is InChI=1S/C60H37N3O/c1-3-16-39(17-4-1)54-37-55(63-59(62-54)41-18-5-2-6-19-41)40-32-30-38(31-33-40)42-20-15-21-43(34-42)58-48-35-52-57(36-47(48)46-24-9-13-28-53(46)61-58)64-56-29-14-12-27-51(56)60(52)49-25-10-7-22-44(49)45-23-8-11-26-50(45)60/h1-37H. The van der Waals surface area contributed by atoms with Crippen LogP contribution >= 0.6 is 0 Å². The molecule has 0 fully saturated rings. The maximum Gasteiger partial charge on any atom is 0.160 e. The molecule has 0 unspecified atom stereocenters. The first-order chi connectivity index (χ1) is 31.7. The van der Waals surface area contributed by atoms with Gasteiger partial charge in [-0.3, -0.25) is 0 Å². The van der Waals surface area contributed by atoms with Crippen LogP contribution in [0.15, 0.2) is 224 Å². The van der Waals surface area contributed by atoms with Crippen molar-refractivity contribution in [3.8, 4) is 78.9 Å². The lowest BCUT2D eigenvalue weighted by molar-refractivity contribution is 0.437. The summed E-state index contributed by atoms with van der Waals surface area (Å²) < 4.78 is 6.94. The van der Waals surface area contributed by atoms with Gasteiger partial charge in [0.05, 0.1) is 28.0 Å². The predicted octanol–water partition coefficient (Wildman–Crippen LogP) is 15.0. The first-order valence-electron chi connectivity index (χ1n) is 21.8. The largest absolute Gasteiger partial charge is 0.457 e. The molecule has 0 radical (unpaired) electrons. The van der Waals surface area contributed by atoms with Crippen molar-refractivity contribution in [2.75, 3.05) is 0 Å². The highest BCUT2D eigenvalue weighted by molar-refractivity contribution is 6.12. The minimum Gasteiger partial charge on any atom is -0.457 e. The van der Waals surface area contributed by atoms with Gasteiger partial charge in [-0.25, -0.2) is 15.0 Å². The van der Waals surface area contributed by atoms with Crippen molar-refractivity contribution in [3.05, 3.63) is 247 Å². The Hall–Kier alpha value is -8.47. The first-order valence-corrected chi connectivity index (χ1v) is 21.8. The van der Waals surface area contributed by atoms with Crippen LogP contribution in [0.4, 0.5) is 0 Å². The lowest BCUT2D eigenvalue weighted by Crippen LogP contribution is -2.32. The van der Waals surface area contributed by atoms with Crippen LogP contribution in [0.25, 0.3) is 89.1 Å². The summed E-state index contributed by atoms with van der Waals surface area (Å²) in [6, 6.07) is 79.5. The molecule has 9 aromatic carbocycles. The summed E-state index contributed by atoms with van der Waals surface area (Å²) in [5.41, 5.74) is 16.7. The number of benzene rings is 9. The maximum absolute atomic E-state index is 6.94. The van der Waals surface area contributed by atoms with E-state index in [1.807, 2.05) is 36.4 Å². The van der Waals surface area contributed by atoms with Gasteiger partial charge in [0.15, 0.2) is 5.82 Å². The summed E-state index contributed by atoms with van der Waals surface area (Å²) in [6.45, 7) is 0. The number of para-hydroxylation sites is 2. The van der Waals surface area contributed by atoms with Gasteiger partial charge in [0.1, 0.15) is 11.5 Å². The van der Waals surface area contributed by atoms with E-state index in [1.54, 1.807) is 0 Å². The monoisotopic (exact) mass is 815 g/mol. The van der Waals surface area contributed by atoms with E-state index >= 15 is 0 Å². The molecule has 298 valence electrons. The second-order valence-electron chi connectivity index (χ2n) is 16.7. The van der Waals surface area contributed by atoms with Crippen molar-refractivity contribution in [2.24, 2.45) is 0 Å². The normalized spacial score (nSPS) is 12.9. The number of rotatable bonds is 5. The summed E-state index contributed by atoms with van der Waals surface area (Å²) in [5, 5.41) is 3.29. The zero-order valence-electron chi connectivity index (χ0n) is 34.6. The van der Waals surface area contributed by atoms with Crippen LogP contribution in [0.2, 0.25) is 0 Å². The third-order valence-electron chi connectivity index (χ3n) is 13.1. The quantitative estimate of drug-likeness (QED) is 0.162. The molecule has 0 saturated carbocycles. The molecular weight excluding hydrogens is 779 g/mol. The van der Waals surface area contributed by atoms with Crippen LogP contribution in [-0.2, 0) is 5.41 Å². The molecule has 0 bridgehead atoms. The van der Waals surface area contributed by atoms with Crippen molar-refractivity contribution in [2.45, 2.75) is 5.41 Å². The minimum atomic E-state index is -0.578. The van der Waals surface area contributed by atoms with Crippen molar-refractivity contribution in [1.82, 2.24) is 15.0 Å². The number of ether oxygens (including phenoxy) is 1. The highest BCUT2D eigenvalue weighted by atomic mass is 16.5. The summed E-state index contributed by atoms with van der Waals surface area (Å²) in [4.78, 5) is 15.5. The average Bonchev–Trinajstić information content (AvgIpc) is 3.66. The van der Waals surface area contributed by atoms with Crippen molar-refractivity contribution >= 4 is 21.7 Å². The van der Waals surface area contributed by atoms with Crippen LogP contribution in [-0.4, -0.2) is 15.0 Å². The molecule has 0 saturated heterocycles. The fourth-order valence-electron chi connectivity index (χ4n) is 10.3. The fraction of sp³-hybridized carbons (Fsp3) is 0.0167. The van der Waals surface area contributed by atoms with Crippen LogP contribution in [0.1, 0.15) is 22.3 Å². The lowest BCUT2D eigenvalue weighted by atomic mass is 9.65. The van der Waals surface area contributed by atoms with E-state index in [0.717, 1.165) is 94.8 Å².